The van der Waals surface area contributed by atoms with E-state index in [4.69, 9.17) is 0 Å². The summed E-state index contributed by atoms with van der Waals surface area (Å²) in [5, 5.41) is 3.78. The Morgan fingerprint density at radius 2 is 1.79 bits per heavy atom. The molecule has 2 aliphatic rings. The summed E-state index contributed by atoms with van der Waals surface area (Å²) in [6, 6.07) is 5.98. The highest BCUT2D eigenvalue weighted by molar-refractivity contribution is 7.85. The fourth-order valence-electron chi connectivity index (χ4n) is 6.40. The standard InChI is InChI=1S/C32H42F3N5O2S/c1-2-14-39-15-5-3-4-6-17-40-30-26(20-25(31(40)41)23-11-18-43(42)19-12-23)29(37-22-38-30)36-21-24-9-7-10-27(28(24)33)32(34,35)13-8-16-39/h7,9-10,20,22-23H,2-6,8,11-19,21H2,1H3,(H,36,37,38). The zero-order valence-electron chi connectivity index (χ0n) is 24.9. The molecular formula is C32H42F3N5O2S. The molecule has 0 spiro atoms. The van der Waals surface area contributed by atoms with Crippen LogP contribution in [0, 0.1) is 5.82 Å². The summed E-state index contributed by atoms with van der Waals surface area (Å²) in [7, 11) is -0.861. The van der Waals surface area contributed by atoms with E-state index in [0.29, 0.717) is 59.9 Å². The molecule has 2 aromatic heterocycles. The lowest BCUT2D eigenvalue weighted by Crippen LogP contribution is -2.29. The number of rotatable bonds is 3. The molecule has 3 aromatic rings. The molecule has 0 saturated carbocycles. The van der Waals surface area contributed by atoms with E-state index >= 15 is 13.2 Å². The van der Waals surface area contributed by atoms with Crippen molar-refractivity contribution in [2.24, 2.45) is 0 Å². The molecule has 4 heterocycles. The Kier molecular flexibility index (Phi) is 10.5. The number of nitrogens with zero attached hydrogens (tertiary/aromatic N) is 4. The van der Waals surface area contributed by atoms with Crippen LogP contribution in [0.5, 0.6) is 0 Å². The third-order valence-corrected chi connectivity index (χ3v) is 10.2. The van der Waals surface area contributed by atoms with Crippen molar-refractivity contribution < 1.29 is 17.4 Å². The van der Waals surface area contributed by atoms with Crippen LogP contribution in [0.4, 0.5) is 19.0 Å². The summed E-state index contributed by atoms with van der Waals surface area (Å²) in [4.78, 5) is 25.0. The Morgan fingerprint density at radius 1 is 1.05 bits per heavy atom. The number of benzene rings is 1. The number of nitrogens with one attached hydrogen (secondary N) is 1. The highest BCUT2D eigenvalue weighted by Crippen LogP contribution is 2.36. The van der Waals surface area contributed by atoms with Gasteiger partial charge in [-0.25, -0.2) is 23.1 Å². The van der Waals surface area contributed by atoms with Crippen molar-refractivity contribution in [1.82, 2.24) is 19.4 Å². The van der Waals surface area contributed by atoms with Crippen LogP contribution in [0.25, 0.3) is 11.0 Å². The predicted molar refractivity (Wildman–Crippen MR) is 166 cm³/mol. The van der Waals surface area contributed by atoms with Gasteiger partial charge in [0.05, 0.1) is 10.9 Å². The Labute approximate surface area is 253 Å². The van der Waals surface area contributed by atoms with Gasteiger partial charge in [-0.2, -0.15) is 0 Å². The molecule has 1 saturated heterocycles. The average molecular weight is 618 g/mol. The van der Waals surface area contributed by atoms with Crippen molar-refractivity contribution in [2.45, 2.75) is 89.6 Å². The first-order chi connectivity index (χ1) is 20.8. The summed E-state index contributed by atoms with van der Waals surface area (Å²) in [5.74, 6) is -2.66. The van der Waals surface area contributed by atoms with Gasteiger partial charge in [0, 0.05) is 52.9 Å². The smallest absolute Gasteiger partial charge is 0.276 e. The number of aromatic nitrogens is 3. The van der Waals surface area contributed by atoms with Gasteiger partial charge in [-0.15, -0.1) is 0 Å². The summed E-state index contributed by atoms with van der Waals surface area (Å²) in [6.45, 7) is 4.76. The van der Waals surface area contributed by atoms with Crippen LogP contribution in [-0.2, 0) is 29.8 Å². The lowest BCUT2D eigenvalue weighted by molar-refractivity contribution is -0.0208. The van der Waals surface area contributed by atoms with E-state index in [1.165, 1.54) is 24.5 Å². The predicted octanol–water partition coefficient (Wildman–Crippen LogP) is 6.33. The Hall–Kier alpha value is -2.79. The fourth-order valence-corrected chi connectivity index (χ4v) is 7.70. The first-order valence-corrected chi connectivity index (χ1v) is 17.1. The first kappa shape index (κ1) is 31.6. The van der Waals surface area contributed by atoms with E-state index in [0.717, 1.165) is 45.2 Å². The number of alkyl halides is 2. The second-order valence-corrected chi connectivity index (χ2v) is 13.5. The van der Waals surface area contributed by atoms with Crippen molar-refractivity contribution in [3.8, 4) is 0 Å². The Balaban J connectivity index is 1.53. The highest BCUT2D eigenvalue weighted by Gasteiger charge is 2.35. The molecule has 0 amide bonds. The average Bonchev–Trinajstić information content (AvgIpc) is 2.99. The van der Waals surface area contributed by atoms with E-state index in [2.05, 4.69) is 27.1 Å². The minimum absolute atomic E-state index is 0.0136. The molecule has 1 N–H and O–H groups in total. The van der Waals surface area contributed by atoms with Gasteiger partial charge in [0.2, 0.25) is 0 Å². The molecule has 43 heavy (non-hydrogen) atoms. The molecule has 0 unspecified atom stereocenters. The molecule has 2 aliphatic heterocycles. The molecule has 1 aromatic carbocycles. The molecule has 234 valence electrons. The zero-order valence-corrected chi connectivity index (χ0v) is 25.7. The third-order valence-electron chi connectivity index (χ3n) is 8.77. The van der Waals surface area contributed by atoms with Crippen molar-refractivity contribution in [3.63, 3.8) is 0 Å². The lowest BCUT2D eigenvalue weighted by atomic mass is 9.93. The molecular weight excluding hydrogens is 575 g/mol. The normalized spacial score (nSPS) is 22.7. The molecule has 7 nitrogen and oxygen atoms in total. The highest BCUT2D eigenvalue weighted by atomic mass is 32.2. The van der Waals surface area contributed by atoms with Crippen LogP contribution >= 0.6 is 0 Å². The molecule has 5 rings (SSSR count). The van der Waals surface area contributed by atoms with Gasteiger partial charge in [0.1, 0.15) is 23.6 Å². The van der Waals surface area contributed by atoms with Gasteiger partial charge in [-0.05, 0) is 70.1 Å². The maximum atomic E-state index is 15.5. The van der Waals surface area contributed by atoms with Crippen LogP contribution in [0.2, 0.25) is 0 Å². The molecule has 0 radical (unpaired) electrons. The van der Waals surface area contributed by atoms with Gasteiger partial charge in [0.15, 0.2) is 0 Å². The molecule has 0 atom stereocenters. The van der Waals surface area contributed by atoms with E-state index < -0.39 is 34.5 Å². The van der Waals surface area contributed by atoms with Crippen LogP contribution < -0.4 is 10.9 Å². The van der Waals surface area contributed by atoms with Crippen molar-refractivity contribution >= 4 is 27.7 Å². The van der Waals surface area contributed by atoms with Crippen molar-refractivity contribution in [2.75, 3.05) is 36.5 Å². The summed E-state index contributed by atoms with van der Waals surface area (Å²) >= 11 is 0. The topological polar surface area (TPSA) is 80.1 Å². The van der Waals surface area contributed by atoms with Gasteiger partial charge in [-0.3, -0.25) is 13.6 Å². The van der Waals surface area contributed by atoms with Crippen LogP contribution in [-0.4, -0.2) is 54.8 Å². The number of fused-ring (bicyclic) bond motifs is 2. The Bertz CT molecular complexity index is 1490. The number of pyridine rings is 1. The summed E-state index contributed by atoms with van der Waals surface area (Å²) in [5.41, 5.74) is 0.616. The van der Waals surface area contributed by atoms with Crippen molar-refractivity contribution in [1.29, 1.82) is 0 Å². The van der Waals surface area contributed by atoms with Gasteiger partial charge < -0.3 is 10.2 Å². The monoisotopic (exact) mass is 617 g/mol. The summed E-state index contributed by atoms with van der Waals surface area (Å²) in [6.07, 6.45) is 7.17. The van der Waals surface area contributed by atoms with Crippen LogP contribution in [0.15, 0.2) is 35.4 Å². The molecule has 0 aliphatic carbocycles. The second-order valence-electron chi connectivity index (χ2n) is 11.8. The minimum Gasteiger partial charge on any atom is -0.365 e. The maximum absolute atomic E-state index is 15.5. The van der Waals surface area contributed by atoms with Crippen LogP contribution in [0.1, 0.15) is 87.3 Å². The van der Waals surface area contributed by atoms with Gasteiger partial charge in [0.25, 0.3) is 11.5 Å². The third kappa shape index (κ3) is 7.48. The molecule has 6 bridgehead atoms. The lowest BCUT2D eigenvalue weighted by Gasteiger charge is -2.24. The first-order valence-electron chi connectivity index (χ1n) is 15.6. The number of aryl methyl sites for hydroxylation is 1. The van der Waals surface area contributed by atoms with Gasteiger partial charge >= 0.3 is 0 Å². The minimum atomic E-state index is -3.28. The molecule has 11 heteroatoms. The zero-order chi connectivity index (χ0) is 30.4. The number of hydrogen-bond acceptors (Lipinski definition) is 6. The van der Waals surface area contributed by atoms with E-state index in [1.54, 1.807) is 4.57 Å². The fraction of sp³-hybridized carbons (Fsp3) is 0.594. The van der Waals surface area contributed by atoms with Gasteiger partial charge in [-0.1, -0.05) is 38.0 Å². The van der Waals surface area contributed by atoms with Crippen molar-refractivity contribution in [3.05, 3.63) is 63.5 Å². The second kappa shape index (κ2) is 14.3. The Morgan fingerprint density at radius 3 is 2.56 bits per heavy atom. The van der Waals surface area contributed by atoms with E-state index in [1.807, 2.05) is 6.07 Å². The number of halogens is 3. The van der Waals surface area contributed by atoms with E-state index in [9.17, 15) is 9.00 Å². The molecule has 1 fully saturated rings. The van der Waals surface area contributed by atoms with E-state index in [-0.39, 0.29) is 30.0 Å². The van der Waals surface area contributed by atoms with Crippen LogP contribution in [0.3, 0.4) is 0 Å². The summed E-state index contributed by atoms with van der Waals surface area (Å²) < 4.78 is 59.9. The maximum Gasteiger partial charge on any atom is 0.276 e. The SMILES string of the molecule is CCCN1CCCCCCn2c(=O)c(C3CCS(=O)CC3)cc3c(ncnc32)NCc2cccc(c2F)C(F)(F)CCC1. The number of hydrogen-bond donors (Lipinski definition) is 1. The largest absolute Gasteiger partial charge is 0.365 e. The quantitative estimate of drug-likeness (QED) is 0.370. The number of anilines is 1.